The van der Waals surface area contributed by atoms with Crippen molar-refractivity contribution in [3.05, 3.63) is 59.2 Å². The molecule has 0 aliphatic carbocycles. The minimum absolute atomic E-state index is 0.00787. The lowest BCUT2D eigenvalue weighted by atomic mass is 9.96. The Labute approximate surface area is 140 Å². The van der Waals surface area contributed by atoms with Crippen molar-refractivity contribution in [1.29, 1.82) is 0 Å². The molecule has 22 heavy (non-hydrogen) atoms. The summed E-state index contributed by atoms with van der Waals surface area (Å²) in [5.41, 5.74) is 1.12. The van der Waals surface area contributed by atoms with Crippen molar-refractivity contribution in [2.45, 2.75) is 24.9 Å². The summed E-state index contributed by atoms with van der Waals surface area (Å²) < 4.78 is 0. The third-order valence-corrected chi connectivity index (χ3v) is 4.63. The maximum atomic E-state index is 12.2. The van der Waals surface area contributed by atoms with Gasteiger partial charge in [-0.25, -0.2) is 4.98 Å². The molecule has 0 fully saturated rings. The van der Waals surface area contributed by atoms with Gasteiger partial charge in [0, 0.05) is 6.20 Å². The fraction of sp³-hybridized carbons (Fsp3) is 0.294. The fourth-order valence-electron chi connectivity index (χ4n) is 2.12. The first-order chi connectivity index (χ1) is 10.6. The van der Waals surface area contributed by atoms with Gasteiger partial charge < -0.3 is 5.32 Å². The van der Waals surface area contributed by atoms with Gasteiger partial charge in [0.15, 0.2) is 0 Å². The van der Waals surface area contributed by atoms with E-state index in [1.54, 1.807) is 18.3 Å². The molecule has 1 unspecified atom stereocenters. The third-order valence-electron chi connectivity index (χ3n) is 3.21. The fourth-order valence-corrected chi connectivity index (χ4v) is 3.10. The molecule has 1 aromatic carbocycles. The van der Waals surface area contributed by atoms with Gasteiger partial charge in [0.2, 0.25) is 5.91 Å². The van der Waals surface area contributed by atoms with Crippen LogP contribution in [-0.2, 0) is 4.79 Å². The minimum Gasteiger partial charge on any atom is -0.348 e. The molecule has 0 aliphatic rings. The largest absolute Gasteiger partial charge is 0.348 e. The molecule has 0 aliphatic heterocycles. The minimum atomic E-state index is -0.0192. The summed E-state index contributed by atoms with van der Waals surface area (Å²) in [6.07, 6.45) is 1.67. The van der Waals surface area contributed by atoms with Gasteiger partial charge in [-0.2, -0.15) is 0 Å². The lowest BCUT2D eigenvalue weighted by Crippen LogP contribution is -2.32. The molecule has 0 saturated carbocycles. The number of benzene rings is 1. The van der Waals surface area contributed by atoms with E-state index in [4.69, 9.17) is 11.6 Å². The molecule has 1 amide bonds. The van der Waals surface area contributed by atoms with E-state index in [-0.39, 0.29) is 11.9 Å². The molecular formula is C17H19ClN2OS. The Morgan fingerprint density at radius 1 is 1.23 bits per heavy atom. The molecule has 0 saturated heterocycles. The number of nitrogens with zero attached hydrogens (tertiary/aromatic N) is 1. The Kier molecular flexibility index (Phi) is 6.28. The van der Waals surface area contributed by atoms with Crippen LogP contribution in [-0.4, -0.2) is 16.6 Å². The van der Waals surface area contributed by atoms with Crippen molar-refractivity contribution < 1.29 is 4.79 Å². The first-order valence-electron chi connectivity index (χ1n) is 7.15. The Balaban J connectivity index is 1.96. The highest BCUT2D eigenvalue weighted by Crippen LogP contribution is 2.25. The highest BCUT2D eigenvalue weighted by Gasteiger charge is 2.18. The number of halogens is 1. The van der Waals surface area contributed by atoms with E-state index >= 15 is 0 Å². The van der Waals surface area contributed by atoms with E-state index in [0.717, 1.165) is 5.56 Å². The average Bonchev–Trinajstić information content (AvgIpc) is 2.52. The lowest BCUT2D eigenvalue weighted by Gasteiger charge is -2.22. The van der Waals surface area contributed by atoms with E-state index in [0.29, 0.717) is 21.7 Å². The van der Waals surface area contributed by atoms with E-state index in [2.05, 4.69) is 24.1 Å². The molecule has 1 heterocycles. The topological polar surface area (TPSA) is 42.0 Å². The number of carbonyl (C=O) groups is 1. The van der Waals surface area contributed by atoms with Gasteiger partial charge in [0.25, 0.3) is 0 Å². The van der Waals surface area contributed by atoms with Crippen molar-refractivity contribution in [3.8, 4) is 0 Å². The third kappa shape index (κ3) is 4.75. The molecule has 1 aromatic heterocycles. The molecule has 1 atom stereocenters. The highest BCUT2D eigenvalue weighted by molar-refractivity contribution is 8.00. The quantitative estimate of drug-likeness (QED) is 0.799. The van der Waals surface area contributed by atoms with Gasteiger partial charge in [-0.05, 0) is 23.6 Å². The van der Waals surface area contributed by atoms with Gasteiger partial charge in [0.1, 0.15) is 5.03 Å². The number of hydrogen-bond donors (Lipinski definition) is 1. The lowest BCUT2D eigenvalue weighted by molar-refractivity contribution is -0.119. The van der Waals surface area contributed by atoms with E-state index in [1.807, 2.05) is 30.3 Å². The summed E-state index contributed by atoms with van der Waals surface area (Å²) in [7, 11) is 0. The van der Waals surface area contributed by atoms with E-state index < -0.39 is 0 Å². The normalized spacial score (nSPS) is 12.2. The molecule has 0 radical (unpaired) electrons. The summed E-state index contributed by atoms with van der Waals surface area (Å²) >= 11 is 7.39. The van der Waals surface area contributed by atoms with Crippen molar-refractivity contribution in [2.75, 3.05) is 5.75 Å². The number of rotatable bonds is 6. The predicted octanol–water partition coefficient (Wildman–Crippen LogP) is 4.34. The second-order valence-electron chi connectivity index (χ2n) is 5.28. The molecule has 5 heteroatoms. The summed E-state index contributed by atoms with van der Waals surface area (Å²) in [6, 6.07) is 13.6. The maximum Gasteiger partial charge on any atom is 0.230 e. The van der Waals surface area contributed by atoms with Gasteiger partial charge in [-0.15, -0.1) is 0 Å². The Bertz CT molecular complexity index is 619. The van der Waals surface area contributed by atoms with Crippen LogP contribution in [0, 0.1) is 5.92 Å². The summed E-state index contributed by atoms with van der Waals surface area (Å²) in [4.78, 5) is 16.4. The Morgan fingerprint density at radius 3 is 2.59 bits per heavy atom. The first kappa shape index (κ1) is 16.8. The van der Waals surface area contributed by atoms with Gasteiger partial charge in [-0.1, -0.05) is 67.5 Å². The molecule has 3 nitrogen and oxygen atoms in total. The van der Waals surface area contributed by atoms with Crippen LogP contribution in [0.4, 0.5) is 0 Å². The predicted molar refractivity (Wildman–Crippen MR) is 92.1 cm³/mol. The molecule has 0 spiro atoms. The van der Waals surface area contributed by atoms with Crippen LogP contribution in [0.25, 0.3) is 0 Å². The second kappa shape index (κ2) is 8.20. The van der Waals surface area contributed by atoms with Crippen LogP contribution >= 0.6 is 23.4 Å². The first-order valence-corrected chi connectivity index (χ1v) is 8.52. The Hall–Kier alpha value is -1.52. The number of amides is 1. The zero-order chi connectivity index (χ0) is 15.9. The van der Waals surface area contributed by atoms with Gasteiger partial charge >= 0.3 is 0 Å². The monoisotopic (exact) mass is 334 g/mol. The van der Waals surface area contributed by atoms with Crippen LogP contribution in [0.1, 0.15) is 25.5 Å². The van der Waals surface area contributed by atoms with Crippen molar-refractivity contribution in [1.82, 2.24) is 10.3 Å². The molecular weight excluding hydrogens is 316 g/mol. The van der Waals surface area contributed by atoms with E-state index in [1.165, 1.54) is 11.8 Å². The number of hydrogen-bond acceptors (Lipinski definition) is 3. The van der Waals surface area contributed by atoms with Gasteiger partial charge in [-0.3, -0.25) is 4.79 Å². The zero-order valence-electron chi connectivity index (χ0n) is 12.6. The Morgan fingerprint density at radius 2 is 1.95 bits per heavy atom. The number of pyridine rings is 1. The van der Waals surface area contributed by atoms with Gasteiger partial charge in [0.05, 0.1) is 16.8 Å². The average molecular weight is 335 g/mol. The van der Waals surface area contributed by atoms with Crippen molar-refractivity contribution in [3.63, 3.8) is 0 Å². The highest BCUT2D eigenvalue weighted by atomic mass is 35.5. The van der Waals surface area contributed by atoms with Crippen LogP contribution in [0.2, 0.25) is 5.02 Å². The summed E-state index contributed by atoms with van der Waals surface area (Å²) in [5.74, 6) is 0.594. The summed E-state index contributed by atoms with van der Waals surface area (Å²) in [5, 5.41) is 4.35. The van der Waals surface area contributed by atoms with Crippen LogP contribution in [0.3, 0.4) is 0 Å². The van der Waals surface area contributed by atoms with Crippen LogP contribution in [0.15, 0.2) is 53.7 Å². The number of thioether (sulfide) groups is 1. The van der Waals surface area contributed by atoms with E-state index in [9.17, 15) is 4.79 Å². The number of nitrogens with one attached hydrogen (secondary N) is 1. The molecule has 2 aromatic rings. The zero-order valence-corrected chi connectivity index (χ0v) is 14.2. The summed E-state index contributed by atoms with van der Waals surface area (Å²) in [6.45, 7) is 4.20. The van der Waals surface area contributed by atoms with Crippen molar-refractivity contribution in [2.24, 2.45) is 5.92 Å². The SMILES string of the molecule is CC(C)C(NC(=O)CSc1ncccc1Cl)c1ccccc1. The molecule has 116 valence electrons. The molecule has 0 bridgehead atoms. The number of carbonyl (C=O) groups excluding carboxylic acids is 1. The van der Waals surface area contributed by atoms with Crippen LogP contribution in [0.5, 0.6) is 0 Å². The standard InChI is InChI=1S/C17H19ClN2OS/c1-12(2)16(13-7-4-3-5-8-13)20-15(21)11-22-17-14(18)9-6-10-19-17/h3-10,12,16H,11H2,1-2H3,(H,20,21). The molecule has 2 rings (SSSR count). The van der Waals surface area contributed by atoms with Crippen molar-refractivity contribution >= 4 is 29.3 Å². The molecule has 1 N–H and O–H groups in total. The second-order valence-corrected chi connectivity index (χ2v) is 6.65. The smallest absolute Gasteiger partial charge is 0.230 e. The number of aromatic nitrogens is 1. The maximum absolute atomic E-state index is 12.2. The van der Waals surface area contributed by atoms with Crippen LogP contribution < -0.4 is 5.32 Å².